The first kappa shape index (κ1) is 50.8. The number of ether oxygens (including phenoxy) is 7. The Morgan fingerprint density at radius 2 is 1.72 bits per heavy atom. The Balaban J connectivity index is 1.37. The number of ketones is 1. The molecular weight excluding hydrogens is 863 g/mol. The minimum atomic E-state index is -1.83. The molecule has 2 aliphatic heterocycles. The number of rotatable bonds is 12. The number of methoxy groups -OCH3 is 1. The molecule has 17 heteroatoms. The van der Waals surface area contributed by atoms with E-state index in [9.17, 15) is 39.6 Å². The summed E-state index contributed by atoms with van der Waals surface area (Å²) in [6.45, 7) is 15.7. The number of aliphatic hydroxyl groups excluding tert-OH is 4. The lowest BCUT2D eigenvalue weighted by Crippen LogP contribution is -2.61. The molecule has 16 nitrogen and oxygen atoms in total. The molecule has 2 aliphatic rings. The van der Waals surface area contributed by atoms with Crippen molar-refractivity contribution in [3.8, 4) is 11.5 Å². The molecule has 0 aliphatic carbocycles. The van der Waals surface area contributed by atoms with Crippen LogP contribution < -0.4 is 9.47 Å². The van der Waals surface area contributed by atoms with E-state index < -0.39 is 90.6 Å². The molecule has 65 heavy (non-hydrogen) atoms. The third-order valence-corrected chi connectivity index (χ3v) is 12.8. The van der Waals surface area contributed by atoms with Gasteiger partial charge in [-0.05, 0) is 94.7 Å². The maximum atomic E-state index is 14.5. The van der Waals surface area contributed by atoms with Crippen LogP contribution in [-0.2, 0) is 44.7 Å². The largest absolute Gasteiger partial charge is 0.508 e. The average molecular weight is 924 g/mol. The third-order valence-electron chi connectivity index (χ3n) is 11.8. The smallest absolute Gasteiger partial charge is 0.493 e. The Labute approximate surface area is 382 Å². The van der Waals surface area contributed by atoms with Gasteiger partial charge in [-0.1, -0.05) is 49.4 Å². The highest BCUT2D eigenvalue weighted by Crippen LogP contribution is 2.38. The number of hydrogen-bond acceptors (Lipinski definition) is 17. The molecule has 0 radical (unpaired) electrons. The van der Waals surface area contributed by atoms with Gasteiger partial charge in [0.2, 0.25) is 6.29 Å². The molecule has 10 atom stereocenters. The van der Waals surface area contributed by atoms with Crippen molar-refractivity contribution in [2.75, 3.05) is 13.7 Å². The van der Waals surface area contributed by atoms with Crippen molar-refractivity contribution >= 4 is 45.4 Å². The van der Waals surface area contributed by atoms with Gasteiger partial charge in [0.25, 0.3) is 0 Å². The summed E-state index contributed by atoms with van der Waals surface area (Å²) < 4.78 is 40.2. The van der Waals surface area contributed by atoms with Crippen LogP contribution in [0.4, 0.5) is 4.79 Å². The summed E-state index contributed by atoms with van der Waals surface area (Å²) in [5.74, 6) is -3.29. The number of cyclic esters (lactones) is 1. The zero-order valence-corrected chi connectivity index (χ0v) is 38.5. The number of aromatic nitrogens is 1. The first-order valence-corrected chi connectivity index (χ1v) is 22.4. The van der Waals surface area contributed by atoms with E-state index in [4.69, 9.17) is 33.2 Å². The second-order valence-corrected chi connectivity index (χ2v) is 18.3. The second-order valence-electron chi connectivity index (χ2n) is 17.1. The van der Waals surface area contributed by atoms with Crippen LogP contribution in [0, 0.1) is 24.2 Å². The highest BCUT2D eigenvalue weighted by molar-refractivity contribution is 7.18. The van der Waals surface area contributed by atoms with Gasteiger partial charge in [-0.15, -0.1) is 17.9 Å². The standard InChI is InChI=1S/C48H61NO15S/c1-9-12-31-39(51)27(4)14-11-13-26(3)15-18-33(30-17-20-36-32(23-30)49-28(5)65-36)61-38(50)24-37(48(6,7)44(31)55)63-47(57)60-25-29-16-19-34(35(22-29)58-8)62-46-42(54)40(52)41(53)43(64-46)45(56)59-21-10-2/h9-10,15-17,19-20,22-23,27,31,33,37,39-43,46,51-54H,1-2,11-14,18,21,24-25H2,3-8H3/b26-15-/t27-,31+,33-,37-,39-,40-,41-,42+,43-,46+/m0/s1. The summed E-state index contributed by atoms with van der Waals surface area (Å²) in [5, 5.41) is 43.9. The fraction of sp³-hybridized carbons (Fsp3) is 0.521. The summed E-state index contributed by atoms with van der Waals surface area (Å²) >= 11 is 1.56. The van der Waals surface area contributed by atoms with Gasteiger partial charge in [-0.25, -0.2) is 14.6 Å². The molecule has 3 aromatic rings. The van der Waals surface area contributed by atoms with E-state index in [0.29, 0.717) is 18.4 Å². The predicted octanol–water partition coefficient (Wildman–Crippen LogP) is 6.53. The maximum absolute atomic E-state index is 14.5. The van der Waals surface area contributed by atoms with Crippen molar-refractivity contribution in [2.45, 2.75) is 129 Å². The highest BCUT2D eigenvalue weighted by atomic mass is 32.1. The van der Waals surface area contributed by atoms with Crippen molar-refractivity contribution in [2.24, 2.45) is 17.3 Å². The molecule has 1 aromatic heterocycles. The molecule has 0 saturated carbocycles. The van der Waals surface area contributed by atoms with Crippen LogP contribution in [0.2, 0.25) is 0 Å². The zero-order valence-electron chi connectivity index (χ0n) is 37.7. The Kier molecular flexibility index (Phi) is 17.9. The normalized spacial score (nSPS) is 28.8. The van der Waals surface area contributed by atoms with Crippen LogP contribution in [0.3, 0.4) is 0 Å². The third kappa shape index (κ3) is 12.8. The monoisotopic (exact) mass is 923 g/mol. The molecular formula is C48H61NO15S. The molecule has 4 N–H and O–H groups in total. The van der Waals surface area contributed by atoms with Crippen LogP contribution in [0.1, 0.15) is 88.5 Å². The van der Waals surface area contributed by atoms with E-state index in [0.717, 1.165) is 39.2 Å². The number of fused-ring (bicyclic) bond motifs is 1. The van der Waals surface area contributed by atoms with Gasteiger partial charge in [0.05, 0.1) is 40.3 Å². The van der Waals surface area contributed by atoms with E-state index in [2.05, 4.69) is 18.1 Å². The lowest BCUT2D eigenvalue weighted by Gasteiger charge is -2.39. The fourth-order valence-electron chi connectivity index (χ4n) is 7.89. The first-order chi connectivity index (χ1) is 30.9. The molecule has 1 fully saturated rings. The van der Waals surface area contributed by atoms with Gasteiger partial charge >= 0.3 is 18.1 Å². The molecule has 3 heterocycles. The number of aryl methyl sites for hydroxylation is 1. The molecule has 354 valence electrons. The molecule has 2 aromatic carbocycles. The van der Waals surface area contributed by atoms with E-state index in [1.165, 1.54) is 31.4 Å². The Hall–Kier alpha value is -5.17. The first-order valence-electron chi connectivity index (χ1n) is 21.6. The topological polar surface area (TPSA) is 227 Å². The molecule has 5 rings (SSSR count). The summed E-state index contributed by atoms with van der Waals surface area (Å²) in [4.78, 5) is 59.2. The van der Waals surface area contributed by atoms with Crippen LogP contribution in [0.15, 0.2) is 73.4 Å². The lowest BCUT2D eigenvalue weighted by atomic mass is 9.71. The van der Waals surface area contributed by atoms with Gasteiger partial charge in [0.15, 0.2) is 17.6 Å². The number of carbonyl (C=O) groups excluding carboxylic acids is 4. The van der Waals surface area contributed by atoms with Crippen molar-refractivity contribution in [3.05, 3.63) is 89.5 Å². The highest BCUT2D eigenvalue weighted by Gasteiger charge is 2.49. The molecule has 1 saturated heterocycles. The van der Waals surface area contributed by atoms with Gasteiger partial charge in [-0.2, -0.15) is 0 Å². The molecule has 0 bridgehead atoms. The minimum Gasteiger partial charge on any atom is -0.493 e. The van der Waals surface area contributed by atoms with Crippen LogP contribution in [0.5, 0.6) is 11.5 Å². The summed E-state index contributed by atoms with van der Waals surface area (Å²) in [5.41, 5.74) is 1.43. The lowest BCUT2D eigenvalue weighted by molar-refractivity contribution is -0.272. The zero-order chi connectivity index (χ0) is 47.6. The number of aliphatic hydroxyl groups is 4. The van der Waals surface area contributed by atoms with Crippen molar-refractivity contribution in [3.63, 3.8) is 0 Å². The number of Topliss-reactive ketones (excluding diaryl/α,β-unsaturated/α-hetero) is 1. The fourth-order valence-corrected chi connectivity index (χ4v) is 8.70. The van der Waals surface area contributed by atoms with Gasteiger partial charge < -0.3 is 53.6 Å². The van der Waals surface area contributed by atoms with Gasteiger partial charge in [-0.3, -0.25) is 9.59 Å². The number of benzene rings is 2. The summed E-state index contributed by atoms with van der Waals surface area (Å²) in [6.07, 6.45) is -6.10. The van der Waals surface area contributed by atoms with Gasteiger partial charge in [0, 0.05) is 12.3 Å². The number of hydrogen-bond donors (Lipinski definition) is 4. The number of thiazole rings is 1. The number of nitrogens with zero attached hydrogens (tertiary/aromatic N) is 1. The van der Waals surface area contributed by atoms with E-state index in [-0.39, 0.29) is 37.1 Å². The minimum absolute atomic E-state index is 0.00865. The van der Waals surface area contributed by atoms with Crippen molar-refractivity contribution in [1.82, 2.24) is 4.98 Å². The summed E-state index contributed by atoms with van der Waals surface area (Å²) in [6, 6.07) is 10.1. The SMILES string of the molecule is C=CCOC(=O)[C@H]1O[C@@H](Oc2ccc(COC(=O)O[C@H]3CC(=O)O[C@H](c4ccc5sc(C)nc5c4)C/C=C(/C)CCC[C@H](C)[C@H](O)[C@@H](CC=C)C(=O)C3(C)C)cc2OC)[C@H](O)[C@@H](O)[C@@H]1O. The van der Waals surface area contributed by atoms with Crippen molar-refractivity contribution in [1.29, 1.82) is 0 Å². The number of esters is 2. The molecule has 0 unspecified atom stereocenters. The van der Waals surface area contributed by atoms with E-state index in [1.54, 1.807) is 31.3 Å². The Morgan fingerprint density at radius 1 is 0.969 bits per heavy atom. The molecule has 0 spiro atoms. The van der Waals surface area contributed by atoms with Crippen LogP contribution in [-0.4, -0.2) is 106 Å². The van der Waals surface area contributed by atoms with Crippen LogP contribution >= 0.6 is 11.3 Å². The van der Waals surface area contributed by atoms with Crippen molar-refractivity contribution < 1.29 is 72.8 Å². The summed E-state index contributed by atoms with van der Waals surface area (Å²) in [7, 11) is 1.32. The van der Waals surface area contributed by atoms with E-state index in [1.807, 2.05) is 45.0 Å². The Bertz CT molecular complexity index is 2200. The predicted molar refractivity (Wildman–Crippen MR) is 239 cm³/mol. The Morgan fingerprint density at radius 3 is 2.43 bits per heavy atom. The number of carbonyl (C=O) groups is 4. The maximum Gasteiger partial charge on any atom is 0.508 e. The average Bonchev–Trinajstić information content (AvgIpc) is 3.66. The second kappa shape index (κ2) is 22.8. The van der Waals surface area contributed by atoms with Crippen LogP contribution in [0.25, 0.3) is 10.2 Å². The van der Waals surface area contributed by atoms with Gasteiger partial charge in [0.1, 0.15) is 49.5 Å². The van der Waals surface area contributed by atoms with E-state index >= 15 is 0 Å². The number of allylic oxidation sites excluding steroid dienone is 2. The molecule has 0 amide bonds. The quantitative estimate of drug-likeness (QED) is 0.0860.